The summed E-state index contributed by atoms with van der Waals surface area (Å²) in [7, 11) is 0. The summed E-state index contributed by atoms with van der Waals surface area (Å²) >= 11 is 0. The Hall–Kier alpha value is -0.690. The molecule has 24 heavy (non-hydrogen) atoms. The van der Waals surface area contributed by atoms with E-state index < -0.39 is 24.4 Å². The molecule has 4 atom stereocenters. The molecule has 0 saturated carbocycles. The van der Waals surface area contributed by atoms with Crippen LogP contribution in [0.2, 0.25) is 0 Å². The fourth-order valence-electron chi connectivity index (χ4n) is 2.89. The van der Waals surface area contributed by atoms with Crippen LogP contribution in [0.5, 0.6) is 0 Å². The van der Waals surface area contributed by atoms with Gasteiger partial charge in [0.1, 0.15) is 31.0 Å². The number of hydrogen-bond donors (Lipinski definition) is 3. The molecular weight excluding hydrogens is 312 g/mol. The number of aliphatic hydroxyl groups excluding tert-OH is 3. The number of carbonyl (C=O) groups is 1. The van der Waals surface area contributed by atoms with E-state index in [1.54, 1.807) is 0 Å². The topological polar surface area (TPSA) is 96.2 Å². The zero-order valence-electron chi connectivity index (χ0n) is 14.9. The normalized spacial score (nSPS) is 24.9. The summed E-state index contributed by atoms with van der Waals surface area (Å²) in [5.41, 5.74) is 0. The van der Waals surface area contributed by atoms with Crippen molar-refractivity contribution < 1.29 is 29.6 Å². The van der Waals surface area contributed by atoms with Gasteiger partial charge < -0.3 is 24.8 Å². The van der Waals surface area contributed by atoms with Crippen LogP contribution in [0.3, 0.4) is 0 Å². The largest absolute Gasteiger partial charge is 0.463 e. The standard InChI is InChI=1S/C18H34O6/c1-2-3-4-5-6-7-8-9-10-11-16(21)23-13-15(20)18-17(22)14(19)12-24-18/h14-15,17-20,22H,2-13H2,1H3/t14-,15?,17+,18-/m1/s1. The van der Waals surface area contributed by atoms with Gasteiger partial charge in [0.2, 0.25) is 0 Å². The Morgan fingerprint density at radius 1 is 1.08 bits per heavy atom. The molecule has 1 heterocycles. The average molecular weight is 346 g/mol. The van der Waals surface area contributed by atoms with Gasteiger partial charge in [0.05, 0.1) is 6.61 Å². The lowest BCUT2D eigenvalue weighted by Crippen LogP contribution is -2.41. The maximum atomic E-state index is 11.6. The minimum Gasteiger partial charge on any atom is -0.463 e. The van der Waals surface area contributed by atoms with E-state index in [1.165, 1.54) is 38.5 Å². The Morgan fingerprint density at radius 3 is 2.21 bits per heavy atom. The number of unbranched alkanes of at least 4 members (excludes halogenated alkanes) is 8. The fraction of sp³-hybridized carbons (Fsp3) is 0.944. The molecule has 3 N–H and O–H groups in total. The Kier molecular flexibility index (Phi) is 11.2. The second-order valence-corrected chi connectivity index (χ2v) is 6.68. The summed E-state index contributed by atoms with van der Waals surface area (Å²) in [6, 6.07) is 0. The lowest BCUT2D eigenvalue weighted by Gasteiger charge is -2.20. The molecule has 0 amide bonds. The smallest absolute Gasteiger partial charge is 0.305 e. The third-order valence-electron chi connectivity index (χ3n) is 4.47. The maximum absolute atomic E-state index is 11.6. The second kappa shape index (κ2) is 12.6. The van der Waals surface area contributed by atoms with Crippen molar-refractivity contribution in [1.29, 1.82) is 0 Å². The lowest BCUT2D eigenvalue weighted by molar-refractivity contribution is -0.151. The minimum absolute atomic E-state index is 0.0186. The molecule has 0 aromatic rings. The van der Waals surface area contributed by atoms with E-state index in [-0.39, 0.29) is 19.2 Å². The average Bonchev–Trinajstić information content (AvgIpc) is 2.90. The molecule has 0 aromatic carbocycles. The number of carbonyl (C=O) groups excluding carboxylic acids is 1. The molecule has 1 unspecified atom stereocenters. The zero-order chi connectivity index (χ0) is 17.8. The van der Waals surface area contributed by atoms with Gasteiger partial charge in [-0.25, -0.2) is 0 Å². The molecule has 1 saturated heterocycles. The van der Waals surface area contributed by atoms with Crippen LogP contribution in [-0.4, -0.2) is 58.9 Å². The first kappa shape index (κ1) is 21.4. The summed E-state index contributed by atoms with van der Waals surface area (Å²) in [6.45, 7) is 1.98. The van der Waals surface area contributed by atoms with Gasteiger partial charge in [-0.05, 0) is 6.42 Å². The highest BCUT2D eigenvalue weighted by Gasteiger charge is 2.39. The van der Waals surface area contributed by atoms with Gasteiger partial charge in [0.15, 0.2) is 0 Å². The quantitative estimate of drug-likeness (QED) is 0.348. The van der Waals surface area contributed by atoms with E-state index in [0.717, 1.165) is 19.3 Å². The van der Waals surface area contributed by atoms with Crippen molar-refractivity contribution in [1.82, 2.24) is 0 Å². The summed E-state index contributed by atoms with van der Waals surface area (Å²) in [5.74, 6) is -0.343. The molecule has 6 nitrogen and oxygen atoms in total. The summed E-state index contributed by atoms with van der Waals surface area (Å²) in [6.07, 6.45) is 6.84. The molecule has 0 bridgehead atoms. The third-order valence-corrected chi connectivity index (χ3v) is 4.47. The summed E-state index contributed by atoms with van der Waals surface area (Å²) < 4.78 is 10.1. The lowest BCUT2D eigenvalue weighted by atomic mass is 10.1. The zero-order valence-corrected chi connectivity index (χ0v) is 14.9. The van der Waals surface area contributed by atoms with Crippen molar-refractivity contribution in [3.63, 3.8) is 0 Å². The van der Waals surface area contributed by atoms with Crippen molar-refractivity contribution in [3.8, 4) is 0 Å². The van der Waals surface area contributed by atoms with E-state index in [0.29, 0.717) is 6.42 Å². The number of ether oxygens (including phenoxy) is 2. The molecule has 0 aliphatic carbocycles. The van der Waals surface area contributed by atoms with Gasteiger partial charge in [-0.1, -0.05) is 58.3 Å². The molecule has 1 rings (SSSR count). The van der Waals surface area contributed by atoms with E-state index in [9.17, 15) is 20.1 Å². The molecule has 1 aliphatic heterocycles. The fourth-order valence-corrected chi connectivity index (χ4v) is 2.89. The highest BCUT2D eigenvalue weighted by atomic mass is 16.6. The number of esters is 1. The molecule has 0 spiro atoms. The predicted octanol–water partition coefficient (Wildman–Crippen LogP) is 1.93. The Balaban J connectivity index is 1.96. The van der Waals surface area contributed by atoms with Gasteiger partial charge in [0.25, 0.3) is 0 Å². The van der Waals surface area contributed by atoms with E-state index in [1.807, 2.05) is 0 Å². The second-order valence-electron chi connectivity index (χ2n) is 6.68. The van der Waals surface area contributed by atoms with E-state index >= 15 is 0 Å². The third kappa shape index (κ3) is 8.42. The van der Waals surface area contributed by atoms with Crippen molar-refractivity contribution in [2.24, 2.45) is 0 Å². The van der Waals surface area contributed by atoms with Crippen molar-refractivity contribution in [3.05, 3.63) is 0 Å². The molecule has 0 aromatic heterocycles. The number of hydrogen-bond acceptors (Lipinski definition) is 6. The SMILES string of the molecule is CCCCCCCCCCCC(=O)OCC(O)[C@H]1OC[C@@H](O)[C@@H]1O. The van der Waals surface area contributed by atoms with Crippen LogP contribution < -0.4 is 0 Å². The van der Waals surface area contributed by atoms with Crippen LogP contribution in [0.15, 0.2) is 0 Å². The highest BCUT2D eigenvalue weighted by molar-refractivity contribution is 5.69. The highest BCUT2D eigenvalue weighted by Crippen LogP contribution is 2.18. The monoisotopic (exact) mass is 346 g/mol. The van der Waals surface area contributed by atoms with Crippen molar-refractivity contribution in [2.45, 2.75) is 95.5 Å². The van der Waals surface area contributed by atoms with Gasteiger partial charge in [-0.15, -0.1) is 0 Å². The first-order chi connectivity index (χ1) is 11.6. The van der Waals surface area contributed by atoms with Crippen molar-refractivity contribution in [2.75, 3.05) is 13.2 Å². The summed E-state index contributed by atoms with van der Waals surface area (Å²) in [5, 5.41) is 28.8. The van der Waals surface area contributed by atoms with Crippen LogP contribution in [0.4, 0.5) is 0 Å². The van der Waals surface area contributed by atoms with Crippen LogP contribution >= 0.6 is 0 Å². The van der Waals surface area contributed by atoms with Crippen molar-refractivity contribution >= 4 is 5.97 Å². The molecular formula is C18H34O6. The number of aliphatic hydroxyl groups is 3. The van der Waals surface area contributed by atoms with Crippen LogP contribution in [0, 0.1) is 0 Å². The van der Waals surface area contributed by atoms with Gasteiger partial charge in [-0.2, -0.15) is 0 Å². The molecule has 6 heteroatoms. The van der Waals surface area contributed by atoms with Gasteiger partial charge in [-0.3, -0.25) is 4.79 Å². The molecule has 1 aliphatic rings. The van der Waals surface area contributed by atoms with Crippen LogP contribution in [-0.2, 0) is 14.3 Å². The first-order valence-electron chi connectivity index (χ1n) is 9.37. The van der Waals surface area contributed by atoms with Gasteiger partial charge in [0, 0.05) is 6.42 Å². The Bertz CT molecular complexity index is 335. The van der Waals surface area contributed by atoms with Crippen LogP contribution in [0.25, 0.3) is 0 Å². The Morgan fingerprint density at radius 2 is 1.67 bits per heavy atom. The predicted molar refractivity (Wildman–Crippen MR) is 90.6 cm³/mol. The van der Waals surface area contributed by atoms with Crippen LogP contribution in [0.1, 0.15) is 71.1 Å². The minimum atomic E-state index is -1.14. The number of rotatable bonds is 13. The maximum Gasteiger partial charge on any atom is 0.305 e. The molecule has 142 valence electrons. The van der Waals surface area contributed by atoms with E-state index in [4.69, 9.17) is 9.47 Å². The molecule has 0 radical (unpaired) electrons. The summed E-state index contributed by atoms with van der Waals surface area (Å²) in [4.78, 5) is 11.6. The van der Waals surface area contributed by atoms with E-state index in [2.05, 4.69) is 6.92 Å². The van der Waals surface area contributed by atoms with Gasteiger partial charge >= 0.3 is 5.97 Å². The first-order valence-corrected chi connectivity index (χ1v) is 9.37. The molecule has 1 fully saturated rings. The Labute approximate surface area is 145 Å².